The minimum absolute atomic E-state index is 0.0471. The number of aliphatic carboxylic acids is 3. The van der Waals surface area contributed by atoms with Gasteiger partial charge in [-0.1, -0.05) is 0 Å². The van der Waals surface area contributed by atoms with Crippen LogP contribution >= 0.6 is 0 Å². The Morgan fingerprint density at radius 3 is 2.05 bits per heavy atom. The van der Waals surface area contributed by atoms with E-state index in [-0.39, 0.29) is 38.2 Å². The number of nitrogens with one attached hydrogen (secondary N) is 4. The lowest BCUT2D eigenvalue weighted by atomic mass is 10.1. The van der Waals surface area contributed by atoms with E-state index in [1.807, 2.05) is 0 Å². The van der Waals surface area contributed by atoms with E-state index in [1.165, 1.54) is 12.5 Å². The molecule has 0 aliphatic rings. The van der Waals surface area contributed by atoms with Crippen molar-refractivity contribution < 1.29 is 44.1 Å². The average Bonchev–Trinajstić information content (AvgIpc) is 3.35. The van der Waals surface area contributed by atoms with Crippen LogP contribution in [0.25, 0.3) is 0 Å². The molecule has 0 radical (unpaired) electrons. The fourth-order valence-corrected chi connectivity index (χ4v) is 3.20. The molecule has 4 atom stereocenters. The van der Waals surface area contributed by atoms with Crippen LogP contribution in [0.1, 0.15) is 37.8 Å². The summed E-state index contributed by atoms with van der Waals surface area (Å²) in [5, 5.41) is 34.2. The molecule has 1 heterocycles. The number of aromatic amines is 1. The Kier molecular flexibility index (Phi) is 13.4. The summed E-state index contributed by atoms with van der Waals surface area (Å²) in [6, 6.07) is -5.80. The number of carboxylic acid groups (broad SMARTS) is 3. The van der Waals surface area contributed by atoms with Crippen molar-refractivity contribution in [1.29, 1.82) is 0 Å². The minimum Gasteiger partial charge on any atom is -0.481 e. The Morgan fingerprint density at radius 1 is 0.897 bits per heavy atom. The summed E-state index contributed by atoms with van der Waals surface area (Å²) in [7, 11) is 0. The molecule has 39 heavy (non-hydrogen) atoms. The summed E-state index contributed by atoms with van der Waals surface area (Å²) in [5.74, 6) is -7.16. The Bertz CT molecular complexity index is 1040. The lowest BCUT2D eigenvalue weighted by molar-refractivity contribution is -0.143. The van der Waals surface area contributed by atoms with Gasteiger partial charge in [0.2, 0.25) is 17.7 Å². The molecule has 0 bridgehead atoms. The maximum Gasteiger partial charge on any atom is 0.326 e. The number of H-pyrrole nitrogens is 1. The van der Waals surface area contributed by atoms with Crippen LogP contribution in [0.3, 0.4) is 0 Å². The molecule has 0 aromatic carbocycles. The first-order valence-corrected chi connectivity index (χ1v) is 11.7. The second-order valence-corrected chi connectivity index (χ2v) is 8.39. The molecule has 0 saturated heterocycles. The summed E-state index contributed by atoms with van der Waals surface area (Å²) in [6.45, 7) is 0.113. The normalized spacial score (nSPS) is 13.7. The highest BCUT2D eigenvalue weighted by atomic mass is 16.4. The second kappa shape index (κ2) is 16.2. The van der Waals surface area contributed by atoms with Crippen LogP contribution in [-0.2, 0) is 35.2 Å². The van der Waals surface area contributed by atoms with Gasteiger partial charge in [0.25, 0.3) is 0 Å². The van der Waals surface area contributed by atoms with Gasteiger partial charge in [-0.2, -0.15) is 0 Å². The quantitative estimate of drug-likeness (QED) is 0.0472. The predicted molar refractivity (Wildman–Crippen MR) is 133 cm³/mol. The van der Waals surface area contributed by atoms with Crippen LogP contribution < -0.4 is 33.2 Å². The van der Waals surface area contributed by atoms with Gasteiger partial charge in [0.1, 0.15) is 18.1 Å². The fraction of sp³-hybridized carbons (Fsp3) is 0.524. The van der Waals surface area contributed by atoms with Gasteiger partial charge in [-0.3, -0.25) is 29.0 Å². The number of guanidine groups is 1. The molecule has 13 N–H and O–H groups in total. The van der Waals surface area contributed by atoms with Gasteiger partial charge in [-0.15, -0.1) is 0 Å². The van der Waals surface area contributed by atoms with Crippen LogP contribution in [-0.4, -0.2) is 97.6 Å². The van der Waals surface area contributed by atoms with Gasteiger partial charge in [0.05, 0.1) is 18.8 Å². The van der Waals surface area contributed by atoms with Crippen molar-refractivity contribution in [2.45, 2.75) is 62.7 Å². The summed E-state index contributed by atoms with van der Waals surface area (Å²) >= 11 is 0. The minimum atomic E-state index is -1.68. The Morgan fingerprint density at radius 2 is 1.51 bits per heavy atom. The van der Waals surface area contributed by atoms with Crippen molar-refractivity contribution in [2.24, 2.45) is 22.2 Å². The Balaban J connectivity index is 3.03. The van der Waals surface area contributed by atoms with Crippen molar-refractivity contribution >= 4 is 41.6 Å². The largest absolute Gasteiger partial charge is 0.481 e. The smallest absolute Gasteiger partial charge is 0.326 e. The molecule has 0 fully saturated rings. The number of aromatic nitrogens is 2. The summed E-state index contributed by atoms with van der Waals surface area (Å²) in [4.78, 5) is 82.3. The van der Waals surface area contributed by atoms with Crippen LogP contribution in [0.2, 0.25) is 0 Å². The number of rotatable bonds is 18. The van der Waals surface area contributed by atoms with E-state index in [0.717, 1.165) is 0 Å². The third-order valence-corrected chi connectivity index (χ3v) is 5.19. The molecule has 3 amide bonds. The standard InChI is InChI=1S/C21H33N9O9/c22-11(3-4-15(31)32)17(35)29-14(7-16(33)34)19(37)30-13(6-10-8-25-9-27-10)18(36)28-12(20(38)39)2-1-5-26-21(23)24/h8-9,11-14H,1-7,22H2,(H,25,27)(H,28,36)(H,29,35)(H,30,37)(H,31,32)(H,33,34)(H,38,39)(H4,23,24,26). The molecule has 0 aliphatic heterocycles. The molecular weight excluding hydrogens is 522 g/mol. The van der Waals surface area contributed by atoms with Crippen LogP contribution in [0.4, 0.5) is 0 Å². The first-order valence-electron chi connectivity index (χ1n) is 11.7. The monoisotopic (exact) mass is 555 g/mol. The molecule has 4 unspecified atom stereocenters. The van der Waals surface area contributed by atoms with Gasteiger partial charge in [0, 0.05) is 31.3 Å². The fourth-order valence-electron chi connectivity index (χ4n) is 3.20. The molecule has 1 rings (SSSR count). The molecule has 216 valence electrons. The number of nitrogens with zero attached hydrogens (tertiary/aromatic N) is 2. The van der Waals surface area contributed by atoms with Crippen LogP contribution in [0.5, 0.6) is 0 Å². The van der Waals surface area contributed by atoms with Gasteiger partial charge in [-0.25, -0.2) is 9.78 Å². The van der Waals surface area contributed by atoms with Crippen LogP contribution in [0.15, 0.2) is 17.5 Å². The number of hydrogen-bond donors (Lipinski definition) is 10. The van der Waals surface area contributed by atoms with E-state index >= 15 is 0 Å². The van der Waals surface area contributed by atoms with Crippen molar-refractivity contribution in [2.75, 3.05) is 6.54 Å². The Labute approximate surface area is 221 Å². The van der Waals surface area contributed by atoms with Gasteiger partial charge in [0.15, 0.2) is 5.96 Å². The molecular formula is C21H33N9O9. The summed E-state index contributed by atoms with van der Waals surface area (Å²) in [5.41, 5.74) is 16.5. The first-order chi connectivity index (χ1) is 18.3. The lowest BCUT2D eigenvalue weighted by Crippen LogP contribution is -2.58. The van der Waals surface area contributed by atoms with E-state index < -0.39 is 72.6 Å². The third kappa shape index (κ3) is 12.9. The molecule has 0 saturated carbocycles. The topological polar surface area (TPSA) is 318 Å². The zero-order chi connectivity index (χ0) is 29.5. The van der Waals surface area contributed by atoms with Crippen molar-refractivity contribution in [3.63, 3.8) is 0 Å². The summed E-state index contributed by atoms with van der Waals surface area (Å²) in [6.07, 6.45) is 1.04. The van der Waals surface area contributed by atoms with Crippen LogP contribution in [0, 0.1) is 0 Å². The highest BCUT2D eigenvalue weighted by molar-refractivity contribution is 5.95. The number of hydrogen-bond acceptors (Lipinski definition) is 9. The molecule has 18 nitrogen and oxygen atoms in total. The number of amides is 3. The van der Waals surface area contributed by atoms with Gasteiger partial charge < -0.3 is 53.5 Å². The zero-order valence-electron chi connectivity index (χ0n) is 20.8. The van der Waals surface area contributed by atoms with Crippen molar-refractivity contribution in [3.05, 3.63) is 18.2 Å². The average molecular weight is 556 g/mol. The SMILES string of the molecule is NC(N)=NCCCC(NC(=O)C(Cc1cnc[nH]1)NC(=O)C(CC(=O)O)NC(=O)C(N)CCC(=O)O)C(=O)O. The van der Waals surface area contributed by atoms with E-state index in [0.29, 0.717) is 5.69 Å². The molecule has 18 heteroatoms. The highest BCUT2D eigenvalue weighted by Crippen LogP contribution is 2.05. The van der Waals surface area contributed by atoms with E-state index in [2.05, 4.69) is 30.9 Å². The predicted octanol–water partition coefficient (Wildman–Crippen LogP) is -3.79. The highest BCUT2D eigenvalue weighted by Gasteiger charge is 2.32. The molecule has 0 spiro atoms. The number of aliphatic imine (C=N–C) groups is 1. The van der Waals surface area contributed by atoms with Gasteiger partial charge >= 0.3 is 17.9 Å². The number of carboxylic acids is 3. The number of imidazole rings is 1. The third-order valence-electron chi connectivity index (χ3n) is 5.19. The molecule has 0 aliphatic carbocycles. The van der Waals surface area contributed by atoms with E-state index in [9.17, 15) is 39.0 Å². The molecule has 1 aromatic rings. The first kappa shape index (κ1) is 32.3. The van der Waals surface area contributed by atoms with Crippen molar-refractivity contribution in [1.82, 2.24) is 25.9 Å². The van der Waals surface area contributed by atoms with E-state index in [1.54, 1.807) is 0 Å². The number of carbonyl (C=O) groups excluding carboxylic acids is 3. The second-order valence-electron chi connectivity index (χ2n) is 8.39. The maximum absolute atomic E-state index is 13.0. The van der Waals surface area contributed by atoms with Gasteiger partial charge in [-0.05, 0) is 19.3 Å². The van der Waals surface area contributed by atoms with E-state index in [4.69, 9.17) is 22.3 Å². The molecule has 1 aromatic heterocycles. The maximum atomic E-state index is 13.0. The Hall–Kier alpha value is -4.74. The summed E-state index contributed by atoms with van der Waals surface area (Å²) < 4.78 is 0. The number of nitrogens with two attached hydrogens (primary N) is 3. The lowest BCUT2D eigenvalue weighted by Gasteiger charge is -2.24. The number of carbonyl (C=O) groups is 6. The van der Waals surface area contributed by atoms with Crippen molar-refractivity contribution in [3.8, 4) is 0 Å². The zero-order valence-corrected chi connectivity index (χ0v) is 20.8.